The van der Waals surface area contributed by atoms with Crippen LogP contribution in [0.3, 0.4) is 0 Å². The van der Waals surface area contributed by atoms with Gasteiger partial charge in [0.1, 0.15) is 19.8 Å². The Morgan fingerprint density at radius 1 is 0.356 bits per heavy atom. The molecule has 0 bridgehead atoms. The first-order chi connectivity index (χ1) is 44.0. The van der Waals surface area contributed by atoms with Gasteiger partial charge in [-0.1, -0.05) is 286 Å². The predicted octanol–water partition coefficient (Wildman–Crippen LogP) is 22.9. The highest BCUT2D eigenvalue weighted by atomic mass is 31.2. The van der Waals surface area contributed by atoms with Gasteiger partial charge in [-0.2, -0.15) is 0 Å². The van der Waals surface area contributed by atoms with Crippen LogP contribution in [0.15, 0.2) is 182 Å². The van der Waals surface area contributed by atoms with Gasteiger partial charge in [0.2, 0.25) is 0 Å². The fourth-order valence-electron chi connectivity index (χ4n) is 9.00. The predicted molar refractivity (Wildman–Crippen MR) is 387 cm³/mol. The highest BCUT2D eigenvalue weighted by Gasteiger charge is 2.22. The van der Waals surface area contributed by atoms with Crippen LogP contribution >= 0.6 is 7.82 Å². The number of hydrogen-bond acceptors (Lipinski definition) is 8. The molecule has 0 aromatic carbocycles. The molecule has 0 N–H and O–H groups in total. The lowest BCUT2D eigenvalue weighted by molar-refractivity contribution is -0.870. The Kier molecular flexibility index (Phi) is 64.8. The monoisotopic (exact) mass is 1260 g/mol. The molecule has 0 aliphatic rings. The second-order valence-electron chi connectivity index (χ2n) is 24.2. The van der Waals surface area contributed by atoms with Crippen molar-refractivity contribution in [2.24, 2.45) is 0 Å². The van der Waals surface area contributed by atoms with Gasteiger partial charge in [-0.05, 0) is 141 Å². The van der Waals surface area contributed by atoms with Crippen molar-refractivity contribution in [3.05, 3.63) is 182 Å². The summed E-state index contributed by atoms with van der Waals surface area (Å²) in [5.41, 5.74) is 0. The number of quaternary nitrogens is 1. The van der Waals surface area contributed by atoms with Gasteiger partial charge in [-0.15, -0.1) is 0 Å². The standard InChI is InChI=1S/C80H130NO8P/c1-6-8-10-12-14-16-18-20-22-24-26-28-30-32-33-34-35-36-37-38-39-40-41-42-43-44-45-46-47-49-51-53-55-57-59-61-63-65-67-69-71-73-80(83)89-78(77-88-90(84,85)87-75-74-81(3,4)5)76-86-79(82)72-70-68-66-64-62-60-58-56-54-52-50-48-31-29-27-25-23-21-19-17-15-13-11-9-7-2/h8,10,14,16,19-22,25-28,31-33,35-36,38-39,41-42,44-45,47-49,53,55,59,61,78H,6-7,9,11-13,15,17-18,23-24,29-30,34,37,40,43,46,50-52,54,56-58,60,62-77H2,1-5H3/b10-8-,16-14-,21-19-,22-20-,27-25-,28-26-,33-32-,36-35-,39-38-,42-41-,45-44-,48-31-,49-47-,55-53-,61-59-. The van der Waals surface area contributed by atoms with Crippen LogP contribution in [-0.2, 0) is 32.7 Å². The van der Waals surface area contributed by atoms with Crippen molar-refractivity contribution in [3.8, 4) is 0 Å². The Hall–Kier alpha value is -4.89. The zero-order chi connectivity index (χ0) is 65.5. The van der Waals surface area contributed by atoms with E-state index in [1.54, 1.807) is 0 Å². The van der Waals surface area contributed by atoms with Crippen molar-refractivity contribution in [1.29, 1.82) is 0 Å². The van der Waals surface area contributed by atoms with Crippen molar-refractivity contribution < 1.29 is 42.1 Å². The van der Waals surface area contributed by atoms with Crippen molar-refractivity contribution in [2.45, 2.75) is 264 Å². The molecule has 10 heteroatoms. The maximum Gasteiger partial charge on any atom is 0.306 e. The van der Waals surface area contributed by atoms with Crippen LogP contribution in [-0.4, -0.2) is 70.0 Å². The Morgan fingerprint density at radius 3 is 0.944 bits per heavy atom. The van der Waals surface area contributed by atoms with Gasteiger partial charge >= 0.3 is 11.9 Å². The van der Waals surface area contributed by atoms with Crippen LogP contribution in [0.4, 0.5) is 0 Å². The summed E-state index contributed by atoms with van der Waals surface area (Å²) in [4.78, 5) is 38.1. The third-order valence-corrected chi connectivity index (χ3v) is 15.4. The van der Waals surface area contributed by atoms with E-state index in [0.717, 1.165) is 141 Å². The van der Waals surface area contributed by atoms with Crippen LogP contribution in [0.25, 0.3) is 0 Å². The molecule has 2 atom stereocenters. The summed E-state index contributed by atoms with van der Waals surface area (Å²) >= 11 is 0. The van der Waals surface area contributed by atoms with Gasteiger partial charge in [0.05, 0.1) is 27.7 Å². The topological polar surface area (TPSA) is 111 Å². The molecule has 0 heterocycles. The van der Waals surface area contributed by atoms with Crippen LogP contribution in [0.2, 0.25) is 0 Å². The maximum atomic E-state index is 12.9. The van der Waals surface area contributed by atoms with E-state index in [1.165, 1.54) is 77.0 Å². The van der Waals surface area contributed by atoms with Crippen LogP contribution < -0.4 is 4.89 Å². The number of rotatable bonds is 63. The molecule has 0 spiro atoms. The van der Waals surface area contributed by atoms with Crippen LogP contribution in [0.5, 0.6) is 0 Å². The number of likely N-dealkylation sites (N-methyl/N-ethyl adjacent to an activating group) is 1. The Balaban J connectivity index is 4.19. The maximum absolute atomic E-state index is 12.9. The summed E-state index contributed by atoms with van der Waals surface area (Å²) in [6, 6.07) is 0. The smallest absolute Gasteiger partial charge is 0.306 e. The minimum atomic E-state index is -4.66. The van der Waals surface area contributed by atoms with E-state index in [9.17, 15) is 19.0 Å². The third kappa shape index (κ3) is 72.2. The zero-order valence-corrected chi connectivity index (χ0v) is 58.7. The summed E-state index contributed by atoms with van der Waals surface area (Å²) in [7, 11) is 1.12. The molecule has 90 heavy (non-hydrogen) atoms. The number of unbranched alkanes of at least 4 members (excludes halogenated alkanes) is 19. The van der Waals surface area contributed by atoms with E-state index in [0.29, 0.717) is 23.9 Å². The third-order valence-electron chi connectivity index (χ3n) is 14.4. The molecule has 0 amide bonds. The summed E-state index contributed by atoms with van der Waals surface area (Å²) in [5, 5.41) is 0. The molecule has 2 unspecified atom stereocenters. The van der Waals surface area contributed by atoms with Gasteiger partial charge in [0, 0.05) is 12.8 Å². The molecule has 0 aromatic heterocycles. The van der Waals surface area contributed by atoms with Gasteiger partial charge < -0.3 is 27.9 Å². The largest absolute Gasteiger partial charge is 0.756 e. The number of phosphoric acid groups is 1. The number of ether oxygens (including phenoxy) is 2. The molecule has 0 rings (SSSR count). The van der Waals surface area contributed by atoms with E-state index >= 15 is 0 Å². The molecular formula is C80H130NO8P. The molecule has 0 radical (unpaired) electrons. The first-order valence-electron chi connectivity index (χ1n) is 35.5. The van der Waals surface area contributed by atoms with Gasteiger partial charge in [0.25, 0.3) is 7.82 Å². The lowest BCUT2D eigenvalue weighted by Crippen LogP contribution is -2.37. The van der Waals surface area contributed by atoms with Gasteiger partial charge in [-0.3, -0.25) is 14.2 Å². The van der Waals surface area contributed by atoms with E-state index in [-0.39, 0.29) is 26.1 Å². The molecule has 0 saturated carbocycles. The molecule has 508 valence electrons. The van der Waals surface area contributed by atoms with E-state index in [1.807, 2.05) is 21.1 Å². The number of nitrogens with zero attached hydrogens (tertiary/aromatic N) is 1. The first kappa shape index (κ1) is 85.1. The molecule has 0 aliphatic carbocycles. The number of phosphoric ester groups is 1. The fourth-order valence-corrected chi connectivity index (χ4v) is 9.73. The summed E-state index contributed by atoms with van der Waals surface area (Å²) in [6.45, 7) is 4.07. The zero-order valence-electron chi connectivity index (χ0n) is 57.8. The lowest BCUT2D eigenvalue weighted by atomic mass is 10.1. The van der Waals surface area contributed by atoms with Gasteiger partial charge in [0.15, 0.2) is 6.10 Å². The lowest BCUT2D eigenvalue weighted by Gasteiger charge is -2.28. The minimum absolute atomic E-state index is 0.0465. The van der Waals surface area contributed by atoms with Crippen molar-refractivity contribution in [2.75, 3.05) is 47.5 Å². The number of esters is 2. The summed E-state index contributed by atoms with van der Waals surface area (Å²) in [6.07, 6.45) is 105. The van der Waals surface area contributed by atoms with Crippen molar-refractivity contribution >= 4 is 19.8 Å². The summed E-state index contributed by atoms with van der Waals surface area (Å²) < 4.78 is 34.2. The number of carbonyl (C=O) groups is 2. The molecule has 9 nitrogen and oxygen atoms in total. The number of carbonyl (C=O) groups excluding carboxylic acids is 2. The second kappa shape index (κ2) is 68.5. The average Bonchev–Trinajstić information content (AvgIpc) is 3.62. The SMILES string of the molecule is CC/C=C\C/C=C\C/C=C\C/C=C\C/C=C\C/C=C\C/C=C\C/C=C\C/C=C\C/C=C\C/C=C\C/C=C\CCCCCCC(=O)OC(COC(=O)CCCCCCCCCCCC/C=C\C/C=C\C/C=C\CCCCCCC)COP(=O)([O-])OCC[N+](C)(C)C. The average molecular weight is 1260 g/mol. The van der Waals surface area contributed by atoms with Crippen molar-refractivity contribution in [3.63, 3.8) is 0 Å². The molecule has 0 aromatic rings. The fraction of sp³-hybridized carbons (Fsp3) is 0.600. The van der Waals surface area contributed by atoms with E-state index in [2.05, 4.69) is 196 Å². The molecule has 0 fully saturated rings. The first-order valence-corrected chi connectivity index (χ1v) is 37.0. The van der Waals surface area contributed by atoms with E-state index in [4.69, 9.17) is 18.5 Å². The highest BCUT2D eigenvalue weighted by molar-refractivity contribution is 7.45. The second-order valence-corrected chi connectivity index (χ2v) is 25.6. The quantitative estimate of drug-likeness (QED) is 0.0195. The summed E-state index contributed by atoms with van der Waals surface area (Å²) in [5.74, 6) is -0.877. The van der Waals surface area contributed by atoms with Crippen LogP contribution in [0, 0.1) is 0 Å². The van der Waals surface area contributed by atoms with E-state index < -0.39 is 32.5 Å². The number of allylic oxidation sites excluding steroid dienone is 30. The van der Waals surface area contributed by atoms with Crippen LogP contribution in [0.1, 0.15) is 258 Å². The van der Waals surface area contributed by atoms with Crippen molar-refractivity contribution in [1.82, 2.24) is 0 Å². The highest BCUT2D eigenvalue weighted by Crippen LogP contribution is 2.38. The minimum Gasteiger partial charge on any atom is -0.756 e. The Bertz CT molecular complexity index is 2170. The molecule has 0 saturated heterocycles. The van der Waals surface area contributed by atoms with Gasteiger partial charge in [-0.25, -0.2) is 0 Å². The number of hydrogen-bond donors (Lipinski definition) is 0. The molecule has 0 aliphatic heterocycles. The molecular weight excluding hydrogens is 1130 g/mol. The normalized spacial score (nSPS) is 14.2. The Labute approximate surface area is 552 Å². The Morgan fingerprint density at radius 2 is 0.633 bits per heavy atom.